The highest BCUT2D eigenvalue weighted by Crippen LogP contribution is 2.41. The Balaban J connectivity index is 2.05. The van der Waals surface area contributed by atoms with Crippen LogP contribution < -0.4 is 9.47 Å². The zero-order valence-corrected chi connectivity index (χ0v) is 14.3. The van der Waals surface area contributed by atoms with Gasteiger partial charge in [0.05, 0.1) is 19.1 Å². The van der Waals surface area contributed by atoms with E-state index in [9.17, 15) is 4.79 Å². The van der Waals surface area contributed by atoms with Crippen LogP contribution in [-0.4, -0.2) is 12.9 Å². The molecule has 1 aliphatic rings. The van der Waals surface area contributed by atoms with E-state index in [1.54, 1.807) is 7.11 Å². The van der Waals surface area contributed by atoms with Gasteiger partial charge in [0.25, 0.3) is 0 Å². The molecule has 0 N–H and O–H groups in total. The molecule has 0 aromatic heterocycles. The molecule has 0 aliphatic carbocycles. The molecule has 1 aliphatic heterocycles. The molecule has 0 spiro atoms. The van der Waals surface area contributed by atoms with Gasteiger partial charge in [0.1, 0.15) is 17.6 Å². The number of rotatable bonds is 4. The minimum absolute atomic E-state index is 0.117. The van der Waals surface area contributed by atoms with Gasteiger partial charge in [0.15, 0.2) is 5.78 Å². The lowest BCUT2D eigenvalue weighted by atomic mass is 9.93. The Morgan fingerprint density at radius 3 is 2.62 bits per heavy atom. The first-order valence-electron chi connectivity index (χ1n) is 8.18. The molecule has 0 fully saturated rings. The predicted octanol–water partition coefficient (Wildman–Crippen LogP) is 4.91. The Morgan fingerprint density at radius 1 is 1.21 bits per heavy atom. The molecule has 124 valence electrons. The quantitative estimate of drug-likeness (QED) is 0.750. The summed E-state index contributed by atoms with van der Waals surface area (Å²) in [5.41, 5.74) is 3.83. The van der Waals surface area contributed by atoms with E-state index in [1.807, 2.05) is 42.5 Å². The van der Waals surface area contributed by atoms with Gasteiger partial charge in [-0.15, -0.1) is 0 Å². The van der Waals surface area contributed by atoms with Gasteiger partial charge < -0.3 is 9.47 Å². The summed E-state index contributed by atoms with van der Waals surface area (Å²) < 4.78 is 11.8. The fourth-order valence-corrected chi connectivity index (χ4v) is 2.97. The normalized spacial score (nSPS) is 16.1. The second kappa shape index (κ2) is 6.91. The third-order valence-corrected chi connectivity index (χ3v) is 4.25. The summed E-state index contributed by atoms with van der Waals surface area (Å²) in [6.07, 6.45) is 2.93. The second-order valence-corrected chi connectivity index (χ2v) is 6.25. The van der Waals surface area contributed by atoms with Gasteiger partial charge in [0.2, 0.25) is 0 Å². The van der Waals surface area contributed by atoms with Crippen molar-refractivity contribution in [3.63, 3.8) is 0 Å². The highest BCUT2D eigenvalue weighted by molar-refractivity contribution is 6.00. The fourth-order valence-electron chi connectivity index (χ4n) is 2.97. The van der Waals surface area contributed by atoms with Crippen molar-refractivity contribution in [2.45, 2.75) is 32.8 Å². The zero-order chi connectivity index (χ0) is 17.1. The van der Waals surface area contributed by atoms with Crippen molar-refractivity contribution < 1.29 is 14.3 Å². The number of ketones is 1. The first kappa shape index (κ1) is 16.3. The number of fused-ring (bicyclic) bond motifs is 1. The van der Waals surface area contributed by atoms with Crippen molar-refractivity contribution in [1.82, 2.24) is 0 Å². The molecule has 24 heavy (non-hydrogen) atoms. The molecule has 0 saturated carbocycles. The van der Waals surface area contributed by atoms with Crippen LogP contribution in [0.2, 0.25) is 0 Å². The lowest BCUT2D eigenvalue weighted by molar-refractivity contribution is 0.0847. The molecule has 0 bridgehead atoms. The van der Waals surface area contributed by atoms with Crippen LogP contribution in [0.3, 0.4) is 0 Å². The van der Waals surface area contributed by atoms with Crippen LogP contribution in [0.25, 0.3) is 0 Å². The van der Waals surface area contributed by atoms with Crippen molar-refractivity contribution >= 4 is 5.78 Å². The monoisotopic (exact) mass is 322 g/mol. The molecule has 2 aromatic carbocycles. The maximum atomic E-state index is 12.6. The zero-order valence-electron chi connectivity index (χ0n) is 14.3. The number of ether oxygens (including phenoxy) is 2. The lowest BCUT2D eigenvalue weighted by Gasteiger charge is -2.28. The maximum Gasteiger partial charge on any atom is 0.170 e. The molecular formula is C21H22O3. The van der Waals surface area contributed by atoms with Crippen molar-refractivity contribution in [3.8, 4) is 11.5 Å². The van der Waals surface area contributed by atoms with E-state index in [4.69, 9.17) is 9.47 Å². The summed E-state index contributed by atoms with van der Waals surface area (Å²) in [6.45, 7) is 4.11. The largest absolute Gasteiger partial charge is 0.496 e. The molecule has 2 aromatic rings. The fraction of sp³-hybridized carbons (Fsp3) is 0.286. The van der Waals surface area contributed by atoms with Crippen molar-refractivity contribution in [2.75, 3.05) is 7.11 Å². The van der Waals surface area contributed by atoms with Crippen molar-refractivity contribution in [2.24, 2.45) is 0 Å². The van der Waals surface area contributed by atoms with Crippen LogP contribution in [0.5, 0.6) is 11.5 Å². The molecule has 0 amide bonds. The average Bonchev–Trinajstić information content (AvgIpc) is 2.60. The maximum absolute atomic E-state index is 12.6. The molecule has 1 heterocycles. The van der Waals surface area contributed by atoms with E-state index < -0.39 is 0 Å². The first-order valence-corrected chi connectivity index (χ1v) is 8.18. The summed E-state index contributed by atoms with van der Waals surface area (Å²) in [4.78, 5) is 12.6. The molecule has 0 saturated heterocycles. The Kier molecular flexibility index (Phi) is 4.70. The molecule has 3 heteroatoms. The van der Waals surface area contributed by atoms with Gasteiger partial charge in [-0.25, -0.2) is 0 Å². The first-order chi connectivity index (χ1) is 11.6. The van der Waals surface area contributed by atoms with Crippen molar-refractivity contribution in [1.29, 1.82) is 0 Å². The standard InChI is InChI=1S/C21H22O3/c1-14(2)9-10-17-19(23-3)12-11-16-18(22)13-20(24-21(16)17)15-7-5-4-6-8-15/h4-9,11-12,20H,10,13H2,1-3H3/t20-/m1/s1. The van der Waals surface area contributed by atoms with Gasteiger partial charge in [-0.3, -0.25) is 4.79 Å². The van der Waals surface area contributed by atoms with Crippen LogP contribution in [0.4, 0.5) is 0 Å². The highest BCUT2D eigenvalue weighted by Gasteiger charge is 2.30. The lowest BCUT2D eigenvalue weighted by Crippen LogP contribution is -2.21. The van der Waals surface area contributed by atoms with E-state index in [0.29, 0.717) is 24.2 Å². The predicted molar refractivity (Wildman–Crippen MR) is 94.9 cm³/mol. The van der Waals surface area contributed by atoms with Gasteiger partial charge in [-0.05, 0) is 38.0 Å². The summed E-state index contributed by atoms with van der Waals surface area (Å²) in [5.74, 6) is 1.54. The van der Waals surface area contributed by atoms with Crippen LogP contribution in [0.1, 0.15) is 47.9 Å². The van der Waals surface area contributed by atoms with Gasteiger partial charge in [0, 0.05) is 5.56 Å². The van der Waals surface area contributed by atoms with Gasteiger partial charge in [-0.2, -0.15) is 0 Å². The Hall–Kier alpha value is -2.55. The number of allylic oxidation sites excluding steroid dienone is 2. The van der Waals surface area contributed by atoms with Crippen LogP contribution in [0, 0.1) is 0 Å². The molecular weight excluding hydrogens is 300 g/mol. The number of Topliss-reactive ketones (excluding diaryl/α,β-unsaturated/α-hetero) is 1. The molecule has 3 nitrogen and oxygen atoms in total. The number of hydrogen-bond donors (Lipinski definition) is 0. The van der Waals surface area contributed by atoms with Crippen molar-refractivity contribution in [3.05, 3.63) is 70.8 Å². The Bertz CT molecular complexity index is 771. The molecule has 0 radical (unpaired) electrons. The van der Waals surface area contributed by atoms with E-state index in [1.165, 1.54) is 5.57 Å². The number of hydrogen-bond acceptors (Lipinski definition) is 3. The van der Waals surface area contributed by atoms with Crippen LogP contribution in [0.15, 0.2) is 54.1 Å². The molecule has 1 atom stereocenters. The minimum atomic E-state index is -0.247. The highest BCUT2D eigenvalue weighted by atomic mass is 16.5. The number of benzene rings is 2. The third kappa shape index (κ3) is 3.21. The smallest absolute Gasteiger partial charge is 0.170 e. The summed E-state index contributed by atoms with van der Waals surface area (Å²) >= 11 is 0. The molecule has 0 unspecified atom stereocenters. The number of methoxy groups -OCH3 is 1. The van der Waals surface area contributed by atoms with Crippen LogP contribution in [-0.2, 0) is 6.42 Å². The Morgan fingerprint density at radius 2 is 1.96 bits per heavy atom. The Labute approximate surface area is 142 Å². The van der Waals surface area contributed by atoms with Gasteiger partial charge in [-0.1, -0.05) is 42.0 Å². The summed E-state index contributed by atoms with van der Waals surface area (Å²) in [5, 5.41) is 0. The summed E-state index contributed by atoms with van der Waals surface area (Å²) in [7, 11) is 1.65. The molecule has 3 rings (SSSR count). The number of carbonyl (C=O) groups is 1. The number of carbonyl (C=O) groups excluding carboxylic acids is 1. The van der Waals surface area contributed by atoms with E-state index in [-0.39, 0.29) is 11.9 Å². The van der Waals surface area contributed by atoms with E-state index in [0.717, 1.165) is 16.9 Å². The van der Waals surface area contributed by atoms with Gasteiger partial charge >= 0.3 is 0 Å². The average molecular weight is 322 g/mol. The van der Waals surface area contributed by atoms with E-state index in [2.05, 4.69) is 19.9 Å². The van der Waals surface area contributed by atoms with Crippen LogP contribution >= 0.6 is 0 Å². The second-order valence-electron chi connectivity index (χ2n) is 6.25. The van der Waals surface area contributed by atoms with E-state index >= 15 is 0 Å². The minimum Gasteiger partial charge on any atom is -0.496 e. The summed E-state index contributed by atoms with van der Waals surface area (Å²) in [6, 6.07) is 13.6. The SMILES string of the molecule is COc1ccc2c(c1CC=C(C)C)O[C@@H](c1ccccc1)CC2=O. The third-order valence-electron chi connectivity index (χ3n) is 4.25. The topological polar surface area (TPSA) is 35.5 Å².